The van der Waals surface area contributed by atoms with Crippen molar-refractivity contribution in [1.29, 1.82) is 0 Å². The van der Waals surface area contributed by atoms with Crippen molar-refractivity contribution in [3.05, 3.63) is 45.2 Å². The van der Waals surface area contributed by atoms with Gasteiger partial charge >= 0.3 is 17.7 Å². The number of carboxylic acid groups (broad SMARTS) is 1. The summed E-state index contributed by atoms with van der Waals surface area (Å²) >= 11 is 5.71. The van der Waals surface area contributed by atoms with Gasteiger partial charge in [0, 0.05) is 12.1 Å². The molecular weight excluding hydrogens is 290 g/mol. The topological polar surface area (TPSA) is 107 Å². The van der Waals surface area contributed by atoms with Gasteiger partial charge < -0.3 is 20.0 Å². The predicted octanol–water partition coefficient (Wildman–Crippen LogP) is 2.47. The Morgan fingerprint density at radius 2 is 2.25 bits per heavy atom. The normalized spacial score (nSPS) is 10.3. The first-order valence-corrected chi connectivity index (χ1v) is 5.64. The van der Waals surface area contributed by atoms with Crippen LogP contribution in [0.15, 0.2) is 24.5 Å². The Morgan fingerprint density at radius 3 is 2.85 bits per heavy atom. The van der Waals surface area contributed by atoms with Crippen molar-refractivity contribution in [2.45, 2.75) is 0 Å². The molecule has 1 N–H and O–H groups in total. The smallest absolute Gasteiger partial charge is 0.427 e. The summed E-state index contributed by atoms with van der Waals surface area (Å²) in [6.45, 7) is 0. The second-order valence-corrected chi connectivity index (χ2v) is 4.23. The van der Waals surface area contributed by atoms with E-state index >= 15 is 0 Å². The molecule has 0 aliphatic carbocycles. The molecule has 104 valence electrons. The third-order valence-electron chi connectivity index (χ3n) is 2.42. The fourth-order valence-electron chi connectivity index (χ4n) is 1.51. The Hall–Kier alpha value is -2.61. The van der Waals surface area contributed by atoms with Gasteiger partial charge in [-0.2, -0.15) is 0 Å². The molecule has 8 nitrogen and oxygen atoms in total. The van der Waals surface area contributed by atoms with Crippen LogP contribution in [0.2, 0.25) is 5.02 Å². The van der Waals surface area contributed by atoms with Gasteiger partial charge in [0.25, 0.3) is 0 Å². The number of benzene rings is 1. The first-order valence-electron chi connectivity index (χ1n) is 5.26. The van der Waals surface area contributed by atoms with E-state index in [1.807, 2.05) is 0 Å². The highest BCUT2D eigenvalue weighted by molar-refractivity contribution is 6.31. The van der Waals surface area contributed by atoms with Crippen molar-refractivity contribution < 1.29 is 19.6 Å². The Balaban J connectivity index is 2.48. The van der Waals surface area contributed by atoms with Gasteiger partial charge in [-0.25, -0.2) is 4.79 Å². The fourth-order valence-corrected chi connectivity index (χ4v) is 1.68. The summed E-state index contributed by atoms with van der Waals surface area (Å²) < 4.78 is 6.58. The summed E-state index contributed by atoms with van der Waals surface area (Å²) in [6, 6.07) is 3.94. The molecule has 0 amide bonds. The first kappa shape index (κ1) is 13.8. The van der Waals surface area contributed by atoms with Gasteiger partial charge in [-0.1, -0.05) is 11.6 Å². The van der Waals surface area contributed by atoms with Crippen LogP contribution >= 0.6 is 11.6 Å². The van der Waals surface area contributed by atoms with Crippen LogP contribution in [0.4, 0.5) is 5.82 Å². The summed E-state index contributed by atoms with van der Waals surface area (Å²) in [5.74, 6) is -1.99. The maximum atomic E-state index is 11.1. The molecule has 2 aromatic rings. The Bertz CT molecular complexity index is 697. The second-order valence-electron chi connectivity index (χ2n) is 3.79. The van der Waals surface area contributed by atoms with Gasteiger partial charge in [-0.15, -0.1) is 0 Å². The minimum Gasteiger partial charge on any atom is -0.478 e. The van der Waals surface area contributed by atoms with Gasteiger partial charge in [0.05, 0.1) is 0 Å². The van der Waals surface area contributed by atoms with Gasteiger partial charge in [-0.05, 0) is 28.1 Å². The number of aryl methyl sites for hydroxylation is 1. The molecule has 0 radical (unpaired) electrons. The maximum absolute atomic E-state index is 11.1. The predicted molar refractivity (Wildman–Crippen MR) is 68.3 cm³/mol. The van der Waals surface area contributed by atoms with E-state index in [2.05, 4.69) is 4.98 Å². The van der Waals surface area contributed by atoms with E-state index in [-0.39, 0.29) is 22.2 Å². The molecule has 0 bridgehead atoms. The lowest BCUT2D eigenvalue weighted by Gasteiger charge is -2.08. The molecule has 20 heavy (non-hydrogen) atoms. The molecular formula is C11H8ClN3O5. The van der Waals surface area contributed by atoms with Crippen LogP contribution in [0.25, 0.3) is 0 Å². The average Bonchev–Trinajstić information content (AvgIpc) is 2.73. The molecule has 0 aliphatic heterocycles. The highest BCUT2D eigenvalue weighted by atomic mass is 35.5. The molecule has 2 rings (SSSR count). The van der Waals surface area contributed by atoms with Crippen molar-refractivity contribution in [3.63, 3.8) is 0 Å². The average molecular weight is 298 g/mol. The van der Waals surface area contributed by atoms with E-state index in [1.54, 1.807) is 0 Å². The number of halogens is 1. The number of carbonyl (C=O) groups is 1. The quantitative estimate of drug-likeness (QED) is 0.686. The third-order valence-corrected chi connectivity index (χ3v) is 2.65. The van der Waals surface area contributed by atoms with Crippen molar-refractivity contribution in [2.75, 3.05) is 0 Å². The number of hydrogen-bond donors (Lipinski definition) is 1. The van der Waals surface area contributed by atoms with E-state index in [0.29, 0.717) is 0 Å². The highest BCUT2D eigenvalue weighted by Crippen LogP contribution is 2.32. The van der Waals surface area contributed by atoms with Crippen molar-refractivity contribution in [1.82, 2.24) is 9.55 Å². The van der Waals surface area contributed by atoms with Crippen LogP contribution in [-0.4, -0.2) is 25.6 Å². The molecule has 1 aromatic carbocycles. The minimum absolute atomic E-state index is 0.0615. The Labute approximate surface area is 117 Å². The maximum Gasteiger partial charge on any atom is 0.427 e. The van der Waals surface area contributed by atoms with Crippen LogP contribution in [0.5, 0.6) is 11.6 Å². The number of aromatic nitrogens is 2. The number of carboxylic acids is 1. The molecule has 1 heterocycles. The standard InChI is InChI=1S/C11H8ClN3O5/c1-14-5-13-9(15(18)19)10(14)20-8-3-2-6(12)4-7(8)11(16)17/h2-5H,1H3,(H,16,17). The monoisotopic (exact) mass is 297 g/mol. The first-order chi connectivity index (χ1) is 9.40. The number of nitrogens with zero attached hydrogens (tertiary/aromatic N) is 3. The van der Waals surface area contributed by atoms with Crippen LogP contribution in [-0.2, 0) is 7.05 Å². The molecule has 9 heteroatoms. The SMILES string of the molecule is Cn1cnc([N+](=O)[O-])c1Oc1ccc(Cl)cc1C(=O)O. The van der Waals surface area contributed by atoms with Crippen LogP contribution < -0.4 is 4.74 Å². The molecule has 0 unspecified atom stereocenters. The van der Waals surface area contributed by atoms with Crippen molar-refractivity contribution in [3.8, 4) is 11.6 Å². The number of rotatable bonds is 4. The lowest BCUT2D eigenvalue weighted by molar-refractivity contribution is -0.390. The molecule has 1 aromatic heterocycles. The zero-order valence-electron chi connectivity index (χ0n) is 10.1. The molecule has 0 atom stereocenters. The molecule has 0 saturated carbocycles. The van der Waals surface area contributed by atoms with Crippen molar-refractivity contribution in [2.24, 2.45) is 7.05 Å². The van der Waals surface area contributed by atoms with Gasteiger partial charge in [0.15, 0.2) is 0 Å². The molecule has 0 fully saturated rings. The van der Waals surface area contributed by atoms with E-state index < -0.39 is 16.7 Å². The van der Waals surface area contributed by atoms with Crippen LogP contribution in [0, 0.1) is 10.1 Å². The van der Waals surface area contributed by atoms with E-state index in [4.69, 9.17) is 21.4 Å². The summed E-state index contributed by atoms with van der Waals surface area (Å²) in [6.07, 6.45) is 1.20. The summed E-state index contributed by atoms with van der Waals surface area (Å²) in [5.41, 5.74) is -0.201. The number of aromatic carboxylic acids is 1. The Morgan fingerprint density at radius 1 is 1.55 bits per heavy atom. The van der Waals surface area contributed by atoms with Crippen LogP contribution in [0.1, 0.15) is 10.4 Å². The zero-order chi connectivity index (χ0) is 14.9. The lowest BCUT2D eigenvalue weighted by atomic mass is 10.2. The zero-order valence-corrected chi connectivity index (χ0v) is 10.9. The lowest BCUT2D eigenvalue weighted by Crippen LogP contribution is -2.02. The van der Waals surface area contributed by atoms with Gasteiger partial charge in [0.2, 0.25) is 6.33 Å². The van der Waals surface area contributed by atoms with Crippen LogP contribution in [0.3, 0.4) is 0 Å². The number of imidazole rings is 1. The minimum atomic E-state index is -1.26. The fraction of sp³-hybridized carbons (Fsp3) is 0.0909. The molecule has 0 saturated heterocycles. The van der Waals surface area contributed by atoms with E-state index in [0.717, 1.165) is 0 Å². The summed E-state index contributed by atoms with van der Waals surface area (Å²) in [4.78, 5) is 24.8. The van der Waals surface area contributed by atoms with E-state index in [9.17, 15) is 14.9 Å². The summed E-state index contributed by atoms with van der Waals surface area (Å²) in [7, 11) is 1.49. The van der Waals surface area contributed by atoms with Crippen molar-refractivity contribution >= 4 is 23.4 Å². The van der Waals surface area contributed by atoms with E-state index in [1.165, 1.54) is 36.1 Å². The summed E-state index contributed by atoms with van der Waals surface area (Å²) in [5, 5.41) is 20.1. The number of hydrogen-bond acceptors (Lipinski definition) is 5. The second kappa shape index (κ2) is 5.17. The molecule has 0 aliphatic rings. The molecule has 0 spiro atoms. The third kappa shape index (κ3) is 2.54. The van der Waals surface area contributed by atoms with Gasteiger partial charge in [0.1, 0.15) is 11.3 Å². The number of ether oxygens (including phenoxy) is 1. The highest BCUT2D eigenvalue weighted by Gasteiger charge is 2.24. The number of nitro groups is 1. The largest absolute Gasteiger partial charge is 0.478 e. The Kier molecular flexibility index (Phi) is 3.57. The van der Waals surface area contributed by atoms with Gasteiger partial charge in [-0.3, -0.25) is 4.57 Å².